The van der Waals surface area contributed by atoms with E-state index < -0.39 is 5.97 Å². The van der Waals surface area contributed by atoms with Crippen molar-refractivity contribution < 1.29 is 14.7 Å². The zero-order valence-corrected chi connectivity index (χ0v) is 20.1. The lowest BCUT2D eigenvalue weighted by atomic mass is 9.87. The third kappa shape index (κ3) is 5.28. The zero-order valence-electron chi connectivity index (χ0n) is 20.1. The molecule has 1 aliphatic rings. The number of aryl methyl sites for hydroxylation is 2. The molecule has 0 saturated heterocycles. The summed E-state index contributed by atoms with van der Waals surface area (Å²) in [5, 5.41) is 12.2. The van der Waals surface area contributed by atoms with E-state index >= 15 is 0 Å². The summed E-state index contributed by atoms with van der Waals surface area (Å²) in [5.74, 6) is -0.908. The van der Waals surface area contributed by atoms with Crippen molar-refractivity contribution in [3.8, 4) is 11.3 Å². The molecule has 1 amide bonds. The van der Waals surface area contributed by atoms with Crippen molar-refractivity contribution in [2.75, 3.05) is 0 Å². The van der Waals surface area contributed by atoms with E-state index in [1.807, 2.05) is 60.7 Å². The molecule has 1 aliphatic carbocycles. The fraction of sp³-hybridized carbons (Fsp3) is 0.267. The number of carbonyl (C=O) groups excluding carboxylic acids is 1. The summed E-state index contributed by atoms with van der Waals surface area (Å²) in [6.45, 7) is 0. The minimum Gasteiger partial charge on any atom is -0.481 e. The van der Waals surface area contributed by atoms with Crippen LogP contribution in [0.2, 0.25) is 0 Å². The molecule has 3 aromatic carbocycles. The third-order valence-electron chi connectivity index (χ3n) is 6.77. The first kappa shape index (κ1) is 23.7. The number of aliphatic carboxylic acids is 1. The lowest BCUT2D eigenvalue weighted by Gasteiger charge is -2.26. The number of fused-ring (bicyclic) bond motifs is 2. The average Bonchev–Trinajstić information content (AvgIpc) is 2.91. The second kappa shape index (κ2) is 10.7. The van der Waals surface area contributed by atoms with Crippen molar-refractivity contribution >= 4 is 22.9 Å². The number of nitrogens with one attached hydrogen (secondary N) is 1. The largest absolute Gasteiger partial charge is 0.481 e. The van der Waals surface area contributed by atoms with Crippen LogP contribution in [0.25, 0.3) is 22.3 Å². The molecule has 0 saturated carbocycles. The van der Waals surface area contributed by atoms with Gasteiger partial charge in [0.05, 0.1) is 28.5 Å². The topological polar surface area (TPSA) is 92.2 Å². The van der Waals surface area contributed by atoms with Gasteiger partial charge in [0.2, 0.25) is 0 Å². The molecule has 1 heterocycles. The summed E-state index contributed by atoms with van der Waals surface area (Å²) < 4.78 is 0. The smallest absolute Gasteiger partial charge is 0.303 e. The molecule has 1 aromatic heterocycles. The lowest BCUT2D eigenvalue weighted by Crippen LogP contribution is -2.31. The Hall–Kier alpha value is -4.06. The number of carboxylic acids is 1. The highest BCUT2D eigenvalue weighted by Gasteiger charge is 2.22. The van der Waals surface area contributed by atoms with Gasteiger partial charge in [0.15, 0.2) is 0 Å². The van der Waals surface area contributed by atoms with Crippen molar-refractivity contribution in [1.82, 2.24) is 15.3 Å². The van der Waals surface area contributed by atoms with E-state index in [0.29, 0.717) is 30.3 Å². The van der Waals surface area contributed by atoms with E-state index in [1.165, 1.54) is 11.1 Å². The maximum atomic E-state index is 13.2. The molecule has 0 bridgehead atoms. The molecule has 0 spiro atoms. The van der Waals surface area contributed by atoms with Gasteiger partial charge in [-0.15, -0.1) is 0 Å². The summed E-state index contributed by atoms with van der Waals surface area (Å²) in [6.07, 6.45) is 5.07. The SMILES string of the molecule is O=C(O)CCCCc1nc2cc(C(=O)N[C@H]3CCCc4ccccc43)ccc2nc1-c1ccccc1. The number of carboxylic acid groups (broad SMARTS) is 1. The molecule has 0 radical (unpaired) electrons. The van der Waals surface area contributed by atoms with Crippen molar-refractivity contribution in [3.05, 3.63) is 95.2 Å². The minimum atomic E-state index is -0.792. The van der Waals surface area contributed by atoms with Gasteiger partial charge in [-0.05, 0) is 67.9 Å². The van der Waals surface area contributed by atoms with E-state index in [4.69, 9.17) is 15.1 Å². The minimum absolute atomic E-state index is 0.00878. The van der Waals surface area contributed by atoms with Gasteiger partial charge in [0.25, 0.3) is 5.91 Å². The number of benzene rings is 3. The maximum Gasteiger partial charge on any atom is 0.303 e. The van der Waals surface area contributed by atoms with Crippen LogP contribution in [0.4, 0.5) is 0 Å². The number of amides is 1. The van der Waals surface area contributed by atoms with Crippen LogP contribution >= 0.6 is 0 Å². The van der Waals surface area contributed by atoms with Crippen molar-refractivity contribution in [2.45, 2.75) is 51.0 Å². The van der Waals surface area contributed by atoms with Gasteiger partial charge in [-0.25, -0.2) is 9.97 Å². The molecular formula is C30H29N3O3. The van der Waals surface area contributed by atoms with Gasteiger partial charge in [0.1, 0.15) is 0 Å². The van der Waals surface area contributed by atoms with Gasteiger partial charge in [0, 0.05) is 17.5 Å². The predicted octanol–water partition coefficient (Wildman–Crippen LogP) is 5.90. The first-order chi connectivity index (χ1) is 17.6. The maximum absolute atomic E-state index is 13.2. The van der Waals surface area contributed by atoms with Crippen molar-refractivity contribution in [1.29, 1.82) is 0 Å². The summed E-state index contributed by atoms with van der Waals surface area (Å²) >= 11 is 0. The van der Waals surface area contributed by atoms with Crippen molar-refractivity contribution in [2.24, 2.45) is 0 Å². The Morgan fingerprint density at radius 1 is 0.917 bits per heavy atom. The highest BCUT2D eigenvalue weighted by molar-refractivity contribution is 5.97. The second-order valence-electron chi connectivity index (χ2n) is 9.31. The van der Waals surface area contributed by atoms with E-state index in [2.05, 4.69) is 17.4 Å². The third-order valence-corrected chi connectivity index (χ3v) is 6.77. The van der Waals surface area contributed by atoms with Crippen LogP contribution in [0.1, 0.15) is 65.3 Å². The summed E-state index contributed by atoms with van der Waals surface area (Å²) in [4.78, 5) is 33.9. The lowest BCUT2D eigenvalue weighted by molar-refractivity contribution is -0.137. The van der Waals surface area contributed by atoms with Gasteiger partial charge < -0.3 is 10.4 Å². The standard InChI is InChI=1S/C30H29N3O3/c34-28(35)16-7-6-14-26-29(21-10-2-1-3-11-21)32-25-18-17-22(19-27(25)31-26)30(36)33-24-15-8-12-20-9-4-5-13-23(20)24/h1-5,9-11,13,17-19,24H,6-8,12,14-16H2,(H,33,36)(H,34,35)/t24-/m0/s1. The first-order valence-electron chi connectivity index (χ1n) is 12.5. The van der Waals surface area contributed by atoms with E-state index in [-0.39, 0.29) is 18.4 Å². The Morgan fingerprint density at radius 3 is 2.56 bits per heavy atom. The molecule has 6 nitrogen and oxygen atoms in total. The normalized spacial score (nSPS) is 14.8. The molecule has 182 valence electrons. The molecule has 36 heavy (non-hydrogen) atoms. The quantitative estimate of drug-likeness (QED) is 0.307. The summed E-state index contributed by atoms with van der Waals surface area (Å²) in [6, 6.07) is 23.7. The second-order valence-corrected chi connectivity index (χ2v) is 9.31. The van der Waals surface area contributed by atoms with E-state index in [9.17, 15) is 9.59 Å². The Kier molecular flexibility index (Phi) is 7.03. The molecule has 4 aromatic rings. The fourth-order valence-electron chi connectivity index (χ4n) is 4.95. The van der Waals surface area contributed by atoms with Crippen molar-refractivity contribution in [3.63, 3.8) is 0 Å². The summed E-state index contributed by atoms with van der Waals surface area (Å²) in [5.41, 5.74) is 7.05. The van der Waals surface area contributed by atoms with Crippen LogP contribution < -0.4 is 5.32 Å². The number of aromatic nitrogens is 2. The Morgan fingerprint density at radius 2 is 1.72 bits per heavy atom. The van der Waals surface area contributed by atoms with Gasteiger partial charge in [-0.3, -0.25) is 9.59 Å². The average molecular weight is 480 g/mol. The van der Waals surface area contributed by atoms with Crippen LogP contribution in [0.3, 0.4) is 0 Å². The van der Waals surface area contributed by atoms with Crippen LogP contribution in [0.15, 0.2) is 72.8 Å². The highest BCUT2D eigenvalue weighted by atomic mass is 16.4. The van der Waals surface area contributed by atoms with Crippen LogP contribution in [0, 0.1) is 0 Å². The van der Waals surface area contributed by atoms with Gasteiger partial charge >= 0.3 is 5.97 Å². The monoisotopic (exact) mass is 479 g/mol. The molecule has 0 fully saturated rings. The number of unbranched alkanes of at least 4 members (excludes halogenated alkanes) is 1. The predicted molar refractivity (Wildman–Crippen MR) is 140 cm³/mol. The zero-order chi connectivity index (χ0) is 24.9. The van der Waals surface area contributed by atoms with E-state index in [1.54, 1.807) is 0 Å². The molecular weight excluding hydrogens is 450 g/mol. The molecule has 2 N–H and O–H groups in total. The molecule has 6 heteroatoms. The summed E-state index contributed by atoms with van der Waals surface area (Å²) in [7, 11) is 0. The van der Waals surface area contributed by atoms with Crippen LogP contribution in [0.5, 0.6) is 0 Å². The van der Waals surface area contributed by atoms with Crippen LogP contribution in [-0.4, -0.2) is 27.0 Å². The first-order valence-corrected chi connectivity index (χ1v) is 12.5. The molecule has 5 rings (SSSR count). The molecule has 0 unspecified atom stereocenters. The number of nitrogens with zero attached hydrogens (tertiary/aromatic N) is 2. The van der Waals surface area contributed by atoms with E-state index in [0.717, 1.165) is 41.7 Å². The fourth-order valence-corrected chi connectivity index (χ4v) is 4.95. The van der Waals surface area contributed by atoms with Gasteiger partial charge in [-0.2, -0.15) is 0 Å². The Labute approximate surface area is 210 Å². The molecule has 0 aliphatic heterocycles. The number of hydrogen-bond donors (Lipinski definition) is 2. The number of carbonyl (C=O) groups is 2. The highest BCUT2D eigenvalue weighted by Crippen LogP contribution is 2.30. The number of hydrogen-bond acceptors (Lipinski definition) is 4. The Balaban J connectivity index is 1.42. The molecule has 1 atom stereocenters. The Bertz CT molecular complexity index is 1400. The van der Waals surface area contributed by atoms with Crippen LogP contribution in [-0.2, 0) is 17.6 Å². The van der Waals surface area contributed by atoms with Gasteiger partial charge in [-0.1, -0.05) is 54.6 Å². The number of rotatable bonds is 8.